The first-order chi connectivity index (χ1) is 7.95. The van der Waals surface area contributed by atoms with Gasteiger partial charge in [-0.3, -0.25) is 4.57 Å². The Bertz CT molecular complexity index is 491. The summed E-state index contributed by atoms with van der Waals surface area (Å²) in [4.78, 5) is 26.3. The van der Waals surface area contributed by atoms with Gasteiger partial charge in [0.15, 0.2) is 10.1 Å². The lowest BCUT2D eigenvalue weighted by atomic mass is 10.4. The number of esters is 1. The molecule has 1 unspecified atom stereocenters. The molecule has 1 atom stereocenters. The minimum Gasteiger partial charge on any atom is -0.463 e. The second kappa shape index (κ2) is 5.87. The largest absolute Gasteiger partial charge is 0.463 e. The Hall–Kier alpha value is -1.28. The molecule has 1 rings (SSSR count). The Kier molecular flexibility index (Phi) is 4.76. The Balaban J connectivity index is 2.86. The highest BCUT2D eigenvalue weighted by molar-refractivity contribution is 7.73. The van der Waals surface area contributed by atoms with Gasteiger partial charge in [-0.2, -0.15) is 0 Å². The number of carbonyl (C=O) groups excluding carboxylic acids is 1. The van der Waals surface area contributed by atoms with E-state index in [9.17, 15) is 9.59 Å². The molecule has 0 fully saturated rings. The Labute approximate surface area is 107 Å². The summed E-state index contributed by atoms with van der Waals surface area (Å²) in [6.07, 6.45) is -0.819. The van der Waals surface area contributed by atoms with Gasteiger partial charge < -0.3 is 9.47 Å². The summed E-state index contributed by atoms with van der Waals surface area (Å²) in [5.41, 5.74) is -0.514. The second-order valence-electron chi connectivity index (χ2n) is 3.10. The number of aromatic nitrogens is 2. The number of nitrogens with zero attached hydrogens (tertiary/aromatic N) is 2. The van der Waals surface area contributed by atoms with Gasteiger partial charge in [0.2, 0.25) is 0 Å². The third-order valence-corrected chi connectivity index (χ3v) is 3.15. The first-order valence-electron chi connectivity index (χ1n) is 4.87. The van der Waals surface area contributed by atoms with Gasteiger partial charge >= 0.3 is 11.7 Å². The summed E-state index contributed by atoms with van der Waals surface area (Å²) in [7, 11) is 1.52. The molecule has 0 aliphatic heterocycles. The maximum atomic E-state index is 11.3. The summed E-state index contributed by atoms with van der Waals surface area (Å²) in [6.45, 7) is 3.49. The maximum absolute atomic E-state index is 11.3. The van der Waals surface area contributed by atoms with Gasteiger partial charge in [0, 0.05) is 7.05 Å². The molecule has 0 N–H and O–H groups in total. The van der Waals surface area contributed by atoms with Crippen LogP contribution in [0.15, 0.2) is 4.79 Å². The Morgan fingerprint density at radius 3 is 2.82 bits per heavy atom. The fourth-order valence-electron chi connectivity index (χ4n) is 0.907. The van der Waals surface area contributed by atoms with Crippen molar-refractivity contribution in [1.82, 2.24) is 9.55 Å². The number of ether oxygens (including phenoxy) is 2. The van der Waals surface area contributed by atoms with Gasteiger partial charge in [-0.05, 0) is 37.4 Å². The van der Waals surface area contributed by atoms with Crippen molar-refractivity contribution < 1.29 is 14.3 Å². The molecule has 0 bridgehead atoms. The molecule has 0 saturated heterocycles. The van der Waals surface area contributed by atoms with E-state index in [1.54, 1.807) is 6.92 Å². The number of hydrogen-bond donors (Lipinski definition) is 0. The van der Waals surface area contributed by atoms with Crippen LogP contribution in [-0.4, -0.2) is 28.2 Å². The number of hydrogen-bond acceptors (Lipinski definition) is 7. The highest BCUT2D eigenvalue weighted by Gasteiger charge is 2.17. The van der Waals surface area contributed by atoms with Crippen LogP contribution in [0.3, 0.4) is 0 Å². The zero-order valence-corrected chi connectivity index (χ0v) is 11.3. The molecule has 1 aromatic rings. The van der Waals surface area contributed by atoms with E-state index < -0.39 is 17.8 Å². The SMILES string of the molecule is CCOC(=O)C(C)Oc1nc(=O)n(C)c(=S)s1. The molecular formula is C9H12N2O4S2. The zero-order chi connectivity index (χ0) is 13.0. The monoisotopic (exact) mass is 276 g/mol. The molecule has 0 saturated carbocycles. The van der Waals surface area contributed by atoms with Crippen LogP contribution in [0.5, 0.6) is 5.19 Å². The molecule has 0 spiro atoms. The lowest BCUT2D eigenvalue weighted by molar-refractivity contribution is -0.150. The Morgan fingerprint density at radius 1 is 1.65 bits per heavy atom. The van der Waals surface area contributed by atoms with Crippen LogP contribution in [0.4, 0.5) is 0 Å². The molecular weight excluding hydrogens is 264 g/mol. The van der Waals surface area contributed by atoms with Crippen molar-refractivity contribution in [3.05, 3.63) is 14.4 Å². The third kappa shape index (κ3) is 3.60. The second-order valence-corrected chi connectivity index (χ2v) is 4.68. The summed E-state index contributed by atoms with van der Waals surface area (Å²) in [5.74, 6) is -0.506. The smallest absolute Gasteiger partial charge is 0.353 e. The van der Waals surface area contributed by atoms with Crippen molar-refractivity contribution in [3.8, 4) is 5.19 Å². The third-order valence-electron chi connectivity index (χ3n) is 1.82. The molecule has 0 radical (unpaired) electrons. The van der Waals surface area contributed by atoms with E-state index in [1.807, 2.05) is 0 Å². The predicted octanol–water partition coefficient (Wildman–Crippen LogP) is 0.902. The van der Waals surface area contributed by atoms with Crippen LogP contribution in [0.1, 0.15) is 13.8 Å². The van der Waals surface area contributed by atoms with Gasteiger partial charge in [-0.1, -0.05) is 0 Å². The predicted molar refractivity (Wildman–Crippen MR) is 64.9 cm³/mol. The number of carbonyl (C=O) groups is 1. The van der Waals surface area contributed by atoms with Gasteiger partial charge in [0.25, 0.3) is 5.19 Å². The molecule has 94 valence electrons. The van der Waals surface area contributed by atoms with Crippen LogP contribution >= 0.6 is 23.6 Å². The van der Waals surface area contributed by atoms with E-state index in [1.165, 1.54) is 18.5 Å². The molecule has 0 aromatic carbocycles. The van der Waals surface area contributed by atoms with Crippen LogP contribution in [-0.2, 0) is 16.6 Å². The summed E-state index contributed by atoms with van der Waals surface area (Å²) < 4.78 is 11.5. The summed E-state index contributed by atoms with van der Waals surface area (Å²) in [5, 5.41) is 0.0682. The van der Waals surface area contributed by atoms with Gasteiger partial charge in [-0.15, -0.1) is 4.98 Å². The first-order valence-corrected chi connectivity index (χ1v) is 6.09. The molecule has 1 aromatic heterocycles. The summed E-state index contributed by atoms with van der Waals surface area (Å²) >= 11 is 5.96. The fraction of sp³-hybridized carbons (Fsp3) is 0.556. The van der Waals surface area contributed by atoms with E-state index in [-0.39, 0.29) is 11.8 Å². The van der Waals surface area contributed by atoms with E-state index in [0.717, 1.165) is 11.3 Å². The minimum atomic E-state index is -0.819. The number of rotatable bonds is 4. The zero-order valence-electron chi connectivity index (χ0n) is 9.63. The summed E-state index contributed by atoms with van der Waals surface area (Å²) in [6, 6.07) is 0. The van der Waals surface area contributed by atoms with Crippen molar-refractivity contribution in [1.29, 1.82) is 0 Å². The highest BCUT2D eigenvalue weighted by atomic mass is 32.1. The fourth-order valence-corrected chi connectivity index (χ4v) is 1.88. The van der Waals surface area contributed by atoms with Crippen LogP contribution in [0, 0.1) is 3.95 Å². The van der Waals surface area contributed by atoms with Crippen LogP contribution < -0.4 is 10.4 Å². The van der Waals surface area contributed by atoms with Crippen molar-refractivity contribution in [2.75, 3.05) is 6.61 Å². The molecule has 0 amide bonds. The van der Waals surface area contributed by atoms with Crippen LogP contribution in [0.2, 0.25) is 0 Å². The van der Waals surface area contributed by atoms with E-state index in [0.29, 0.717) is 3.95 Å². The first kappa shape index (κ1) is 13.8. The molecule has 17 heavy (non-hydrogen) atoms. The van der Waals surface area contributed by atoms with Crippen molar-refractivity contribution in [3.63, 3.8) is 0 Å². The van der Waals surface area contributed by atoms with Crippen molar-refractivity contribution >= 4 is 29.5 Å². The van der Waals surface area contributed by atoms with Crippen LogP contribution in [0.25, 0.3) is 0 Å². The van der Waals surface area contributed by atoms with Crippen molar-refractivity contribution in [2.24, 2.45) is 7.05 Å². The average molecular weight is 276 g/mol. The normalized spacial score (nSPS) is 11.9. The van der Waals surface area contributed by atoms with E-state index >= 15 is 0 Å². The van der Waals surface area contributed by atoms with Gasteiger partial charge in [0.1, 0.15) is 0 Å². The van der Waals surface area contributed by atoms with E-state index in [4.69, 9.17) is 21.7 Å². The molecule has 1 heterocycles. The minimum absolute atomic E-state index is 0.0682. The Morgan fingerprint density at radius 2 is 2.29 bits per heavy atom. The molecule has 0 aliphatic rings. The van der Waals surface area contributed by atoms with Gasteiger partial charge in [0.05, 0.1) is 6.61 Å². The lowest BCUT2D eigenvalue weighted by Crippen LogP contribution is -2.28. The van der Waals surface area contributed by atoms with Gasteiger partial charge in [-0.25, -0.2) is 9.59 Å². The molecule has 0 aliphatic carbocycles. The van der Waals surface area contributed by atoms with Crippen molar-refractivity contribution in [2.45, 2.75) is 20.0 Å². The lowest BCUT2D eigenvalue weighted by Gasteiger charge is -2.11. The quantitative estimate of drug-likeness (QED) is 0.601. The molecule has 6 nitrogen and oxygen atoms in total. The topological polar surface area (TPSA) is 70.4 Å². The maximum Gasteiger partial charge on any atom is 0.353 e. The highest BCUT2D eigenvalue weighted by Crippen LogP contribution is 2.14. The standard InChI is InChI=1S/C9H12N2O4S2/c1-4-14-6(12)5(2)15-8-10-7(13)11(3)9(16)17-8/h5H,4H2,1-3H3. The van der Waals surface area contributed by atoms with E-state index in [2.05, 4.69) is 4.98 Å². The molecule has 8 heteroatoms. The average Bonchev–Trinajstić information content (AvgIpc) is 2.26.